The van der Waals surface area contributed by atoms with Gasteiger partial charge in [0.15, 0.2) is 0 Å². The summed E-state index contributed by atoms with van der Waals surface area (Å²) in [5, 5.41) is 10.0. The van der Waals surface area contributed by atoms with Crippen LogP contribution < -0.4 is 0 Å². The van der Waals surface area contributed by atoms with Gasteiger partial charge in [0.2, 0.25) is 0 Å². The molecule has 1 aliphatic rings. The molecular formula is C16H22N2OS. The van der Waals surface area contributed by atoms with Crippen molar-refractivity contribution in [3.8, 4) is 6.07 Å². The SMILES string of the molecule is CSC[C@@H](C)[C@@](C#N)(c1ccccc1)N1CCOCC1. The van der Waals surface area contributed by atoms with Crippen molar-refractivity contribution in [3.05, 3.63) is 35.9 Å². The van der Waals surface area contributed by atoms with Crippen molar-refractivity contribution >= 4 is 11.8 Å². The van der Waals surface area contributed by atoms with Crippen molar-refractivity contribution in [3.63, 3.8) is 0 Å². The van der Waals surface area contributed by atoms with Crippen LogP contribution in [0.25, 0.3) is 0 Å². The number of nitrogens with zero attached hydrogens (tertiary/aromatic N) is 2. The zero-order valence-corrected chi connectivity index (χ0v) is 13.0. The molecule has 1 saturated heterocycles. The van der Waals surface area contributed by atoms with Crippen LogP contribution in [-0.4, -0.2) is 43.2 Å². The van der Waals surface area contributed by atoms with E-state index >= 15 is 0 Å². The summed E-state index contributed by atoms with van der Waals surface area (Å²) in [6.45, 7) is 5.25. The molecule has 1 aliphatic heterocycles. The van der Waals surface area contributed by atoms with Gasteiger partial charge in [-0.1, -0.05) is 37.3 Å². The Bertz CT molecular complexity index is 453. The van der Waals surface area contributed by atoms with Crippen LogP contribution in [0.15, 0.2) is 30.3 Å². The molecule has 0 aromatic heterocycles. The van der Waals surface area contributed by atoms with Gasteiger partial charge in [0.25, 0.3) is 0 Å². The summed E-state index contributed by atoms with van der Waals surface area (Å²) in [6.07, 6.45) is 2.10. The fourth-order valence-corrected chi connectivity index (χ4v) is 3.74. The minimum absolute atomic E-state index is 0.267. The van der Waals surface area contributed by atoms with Crippen molar-refractivity contribution in [1.82, 2.24) is 4.90 Å². The van der Waals surface area contributed by atoms with Gasteiger partial charge in [-0.15, -0.1) is 0 Å². The number of hydrogen-bond acceptors (Lipinski definition) is 4. The summed E-state index contributed by atoms with van der Waals surface area (Å²) >= 11 is 1.80. The second-order valence-electron chi connectivity index (χ2n) is 5.20. The molecule has 0 bridgehead atoms. The second-order valence-corrected chi connectivity index (χ2v) is 6.11. The maximum absolute atomic E-state index is 10.0. The maximum atomic E-state index is 10.0. The first-order valence-corrected chi connectivity index (χ1v) is 8.43. The van der Waals surface area contributed by atoms with E-state index in [9.17, 15) is 5.26 Å². The summed E-state index contributed by atoms with van der Waals surface area (Å²) in [4.78, 5) is 2.30. The Balaban J connectivity index is 2.43. The van der Waals surface area contributed by atoms with Crippen LogP contribution in [0.1, 0.15) is 12.5 Å². The number of nitriles is 1. The van der Waals surface area contributed by atoms with Crippen LogP contribution in [0, 0.1) is 17.2 Å². The lowest BCUT2D eigenvalue weighted by Gasteiger charge is -2.44. The Morgan fingerprint density at radius 2 is 2.00 bits per heavy atom. The third kappa shape index (κ3) is 2.85. The highest BCUT2D eigenvalue weighted by molar-refractivity contribution is 7.98. The van der Waals surface area contributed by atoms with E-state index < -0.39 is 5.54 Å². The molecule has 2 rings (SSSR count). The van der Waals surface area contributed by atoms with Crippen LogP contribution >= 0.6 is 11.8 Å². The molecule has 0 N–H and O–H groups in total. The molecule has 108 valence electrons. The van der Waals surface area contributed by atoms with E-state index in [2.05, 4.69) is 36.3 Å². The van der Waals surface area contributed by atoms with E-state index in [0.29, 0.717) is 13.2 Å². The fraction of sp³-hybridized carbons (Fsp3) is 0.562. The van der Waals surface area contributed by atoms with E-state index in [1.807, 2.05) is 18.2 Å². The molecule has 1 aromatic carbocycles. The first-order valence-electron chi connectivity index (χ1n) is 7.04. The Morgan fingerprint density at radius 1 is 1.35 bits per heavy atom. The van der Waals surface area contributed by atoms with E-state index in [-0.39, 0.29) is 5.92 Å². The Labute approximate surface area is 125 Å². The fourth-order valence-electron chi connectivity index (χ4n) is 3.00. The van der Waals surface area contributed by atoms with E-state index in [1.165, 1.54) is 0 Å². The van der Waals surface area contributed by atoms with Gasteiger partial charge in [-0.2, -0.15) is 17.0 Å². The standard InChI is InChI=1S/C16H22N2OS/c1-14(12-20-2)16(13-17,15-6-4-3-5-7-15)18-8-10-19-11-9-18/h3-7,14H,8-12H2,1-2H3/t14-,16+/m1/s1. The number of thioether (sulfide) groups is 1. The van der Waals surface area contributed by atoms with Crippen molar-refractivity contribution in [2.45, 2.75) is 12.5 Å². The largest absolute Gasteiger partial charge is 0.379 e. The third-order valence-electron chi connectivity index (χ3n) is 4.02. The Morgan fingerprint density at radius 3 is 2.55 bits per heavy atom. The predicted molar refractivity (Wildman–Crippen MR) is 83.7 cm³/mol. The van der Waals surface area contributed by atoms with Gasteiger partial charge in [0, 0.05) is 19.0 Å². The van der Waals surface area contributed by atoms with E-state index in [0.717, 1.165) is 24.4 Å². The first-order chi connectivity index (χ1) is 9.75. The van der Waals surface area contributed by atoms with Gasteiger partial charge < -0.3 is 4.74 Å². The van der Waals surface area contributed by atoms with Crippen LogP contribution in [0.4, 0.5) is 0 Å². The summed E-state index contributed by atoms with van der Waals surface area (Å²) in [6, 6.07) is 12.8. The normalized spacial score (nSPS) is 20.9. The predicted octanol–water partition coefficient (Wildman–Crippen LogP) is 2.74. The van der Waals surface area contributed by atoms with Crippen molar-refractivity contribution < 1.29 is 4.74 Å². The van der Waals surface area contributed by atoms with E-state index in [1.54, 1.807) is 11.8 Å². The first kappa shape index (κ1) is 15.4. The summed E-state index contributed by atoms with van der Waals surface area (Å²) < 4.78 is 5.46. The topological polar surface area (TPSA) is 36.3 Å². The van der Waals surface area contributed by atoms with Gasteiger partial charge in [-0.25, -0.2) is 0 Å². The minimum Gasteiger partial charge on any atom is -0.379 e. The number of hydrogen-bond donors (Lipinski definition) is 0. The molecule has 4 heteroatoms. The van der Waals surface area contributed by atoms with Crippen molar-refractivity contribution in [2.75, 3.05) is 38.3 Å². The van der Waals surface area contributed by atoms with Crippen LogP contribution in [0.3, 0.4) is 0 Å². The average molecular weight is 290 g/mol. The zero-order chi connectivity index (χ0) is 14.4. The number of ether oxygens (including phenoxy) is 1. The highest BCUT2D eigenvalue weighted by Gasteiger charge is 2.44. The Hall–Kier alpha value is -1.02. The quantitative estimate of drug-likeness (QED) is 0.835. The zero-order valence-electron chi connectivity index (χ0n) is 12.2. The van der Waals surface area contributed by atoms with Gasteiger partial charge in [0.05, 0.1) is 19.3 Å². The molecule has 3 nitrogen and oxygen atoms in total. The third-order valence-corrected chi connectivity index (χ3v) is 4.86. The number of benzene rings is 1. The number of rotatable bonds is 5. The monoisotopic (exact) mass is 290 g/mol. The molecule has 20 heavy (non-hydrogen) atoms. The van der Waals surface area contributed by atoms with Crippen molar-refractivity contribution in [2.24, 2.45) is 5.92 Å². The summed E-state index contributed by atoms with van der Waals surface area (Å²) in [5.74, 6) is 1.24. The molecule has 0 saturated carbocycles. The van der Waals surface area contributed by atoms with Gasteiger partial charge in [0.1, 0.15) is 5.54 Å². The molecule has 0 aliphatic carbocycles. The van der Waals surface area contributed by atoms with Crippen LogP contribution in [-0.2, 0) is 10.3 Å². The van der Waals surface area contributed by atoms with Crippen LogP contribution in [0.2, 0.25) is 0 Å². The van der Waals surface area contributed by atoms with Gasteiger partial charge >= 0.3 is 0 Å². The summed E-state index contributed by atoms with van der Waals surface area (Å²) in [7, 11) is 0. The van der Waals surface area contributed by atoms with Gasteiger partial charge in [-0.3, -0.25) is 4.90 Å². The lowest BCUT2D eigenvalue weighted by molar-refractivity contribution is -0.0197. The molecule has 0 amide bonds. The van der Waals surface area contributed by atoms with Gasteiger partial charge in [-0.05, 0) is 17.6 Å². The second kappa shape index (κ2) is 7.12. The smallest absolute Gasteiger partial charge is 0.138 e. The molecule has 0 radical (unpaired) electrons. The molecule has 2 atom stereocenters. The number of morpholine rings is 1. The average Bonchev–Trinajstić information content (AvgIpc) is 2.51. The molecule has 1 heterocycles. The minimum atomic E-state index is -0.548. The molecule has 0 spiro atoms. The highest BCUT2D eigenvalue weighted by atomic mass is 32.2. The van der Waals surface area contributed by atoms with Crippen LogP contribution in [0.5, 0.6) is 0 Å². The summed E-state index contributed by atoms with van der Waals surface area (Å²) in [5.41, 5.74) is 0.555. The molecule has 1 fully saturated rings. The maximum Gasteiger partial charge on any atom is 0.138 e. The molecular weight excluding hydrogens is 268 g/mol. The molecule has 0 unspecified atom stereocenters. The van der Waals surface area contributed by atoms with Crippen molar-refractivity contribution in [1.29, 1.82) is 5.26 Å². The Kier molecular flexibility index (Phi) is 5.47. The molecule has 1 aromatic rings. The lowest BCUT2D eigenvalue weighted by Crippen LogP contribution is -2.54. The highest BCUT2D eigenvalue weighted by Crippen LogP contribution is 2.37. The lowest BCUT2D eigenvalue weighted by atomic mass is 9.79. The van der Waals surface area contributed by atoms with E-state index in [4.69, 9.17) is 4.74 Å².